The summed E-state index contributed by atoms with van der Waals surface area (Å²) in [6.45, 7) is 0.602. The number of allylic oxidation sites excluding steroid dienone is 1. The number of carbonyl (C=O) groups excluding carboxylic acids is 1. The lowest BCUT2D eigenvalue weighted by Crippen LogP contribution is -2.23. The van der Waals surface area contributed by atoms with Crippen LogP contribution in [0.4, 0.5) is 13.2 Å². The number of amides is 1. The van der Waals surface area contributed by atoms with Crippen molar-refractivity contribution in [2.24, 2.45) is 0 Å². The SMILES string of the molecule is O=C(/C=C/C(F)(F)F)N1Cc2ccc(Cl)cc2C1. The van der Waals surface area contributed by atoms with Gasteiger partial charge in [-0.2, -0.15) is 13.2 Å². The van der Waals surface area contributed by atoms with Gasteiger partial charge in [0.2, 0.25) is 5.91 Å². The summed E-state index contributed by atoms with van der Waals surface area (Å²) in [5.74, 6) is -0.653. The quantitative estimate of drug-likeness (QED) is 0.720. The molecule has 1 aromatic rings. The number of benzene rings is 1. The molecule has 1 aromatic carbocycles. The summed E-state index contributed by atoms with van der Waals surface area (Å²) in [5, 5.41) is 0.550. The second-order valence-corrected chi connectivity index (χ2v) is 4.42. The normalized spacial score (nSPS) is 15.2. The molecule has 0 saturated carbocycles. The van der Waals surface area contributed by atoms with Crippen LogP contribution < -0.4 is 0 Å². The van der Waals surface area contributed by atoms with Crippen LogP contribution >= 0.6 is 11.6 Å². The Kier molecular flexibility index (Phi) is 3.34. The monoisotopic (exact) mass is 275 g/mol. The molecule has 1 aliphatic heterocycles. The Labute approximate surface area is 107 Å². The zero-order valence-electron chi connectivity index (χ0n) is 9.17. The summed E-state index contributed by atoms with van der Waals surface area (Å²) in [4.78, 5) is 12.9. The molecule has 0 aliphatic carbocycles. The van der Waals surface area contributed by atoms with Gasteiger partial charge in [-0.25, -0.2) is 0 Å². The highest BCUT2D eigenvalue weighted by atomic mass is 35.5. The number of fused-ring (bicyclic) bond motifs is 1. The number of carbonyl (C=O) groups is 1. The third-order valence-electron chi connectivity index (χ3n) is 2.62. The van der Waals surface area contributed by atoms with Crippen LogP contribution in [0, 0.1) is 0 Å². The van der Waals surface area contributed by atoms with E-state index in [2.05, 4.69) is 0 Å². The van der Waals surface area contributed by atoms with Crippen LogP contribution in [0.2, 0.25) is 5.02 Å². The lowest BCUT2D eigenvalue weighted by atomic mass is 10.1. The fourth-order valence-electron chi connectivity index (χ4n) is 1.79. The van der Waals surface area contributed by atoms with Gasteiger partial charge in [-0.15, -0.1) is 0 Å². The predicted molar refractivity (Wildman–Crippen MR) is 60.9 cm³/mol. The van der Waals surface area contributed by atoms with E-state index in [9.17, 15) is 18.0 Å². The summed E-state index contributed by atoms with van der Waals surface area (Å²) < 4.78 is 35.8. The first kappa shape index (κ1) is 13.0. The first-order valence-electron chi connectivity index (χ1n) is 5.17. The van der Waals surface area contributed by atoms with Crippen molar-refractivity contribution in [2.45, 2.75) is 19.3 Å². The summed E-state index contributed by atoms with van der Waals surface area (Å²) >= 11 is 5.81. The van der Waals surface area contributed by atoms with Crippen molar-refractivity contribution >= 4 is 17.5 Å². The van der Waals surface area contributed by atoms with Gasteiger partial charge in [0.1, 0.15) is 0 Å². The van der Waals surface area contributed by atoms with Gasteiger partial charge in [-0.1, -0.05) is 17.7 Å². The Morgan fingerprint density at radius 2 is 1.94 bits per heavy atom. The van der Waals surface area contributed by atoms with Gasteiger partial charge in [0, 0.05) is 30.3 Å². The van der Waals surface area contributed by atoms with Gasteiger partial charge in [-0.05, 0) is 23.3 Å². The van der Waals surface area contributed by atoms with E-state index in [0.29, 0.717) is 17.6 Å². The van der Waals surface area contributed by atoms with Crippen molar-refractivity contribution in [1.82, 2.24) is 4.90 Å². The topological polar surface area (TPSA) is 20.3 Å². The van der Waals surface area contributed by atoms with Crippen molar-refractivity contribution in [1.29, 1.82) is 0 Å². The molecule has 0 atom stereocenters. The Morgan fingerprint density at radius 3 is 2.61 bits per heavy atom. The lowest BCUT2D eigenvalue weighted by molar-refractivity contribution is -0.127. The third kappa shape index (κ3) is 3.04. The molecule has 0 saturated heterocycles. The summed E-state index contributed by atoms with van der Waals surface area (Å²) in [6.07, 6.45) is -3.97. The Balaban J connectivity index is 2.07. The minimum Gasteiger partial charge on any atom is -0.330 e. The van der Waals surface area contributed by atoms with Crippen molar-refractivity contribution in [3.63, 3.8) is 0 Å². The molecule has 2 rings (SSSR count). The molecule has 1 heterocycles. The first-order chi connectivity index (χ1) is 8.35. The van der Waals surface area contributed by atoms with Crippen molar-refractivity contribution in [3.8, 4) is 0 Å². The highest BCUT2D eigenvalue weighted by molar-refractivity contribution is 6.30. The molecular weight excluding hydrogens is 267 g/mol. The molecule has 1 amide bonds. The van der Waals surface area contributed by atoms with E-state index >= 15 is 0 Å². The molecular formula is C12H9ClF3NO. The van der Waals surface area contributed by atoms with Crippen LogP contribution in [-0.2, 0) is 17.9 Å². The van der Waals surface area contributed by atoms with Crippen LogP contribution in [0.25, 0.3) is 0 Å². The number of hydrogen-bond donors (Lipinski definition) is 0. The molecule has 2 nitrogen and oxygen atoms in total. The lowest BCUT2D eigenvalue weighted by Gasteiger charge is -2.12. The maximum Gasteiger partial charge on any atom is 0.409 e. The van der Waals surface area contributed by atoms with Gasteiger partial charge in [0.15, 0.2) is 0 Å². The van der Waals surface area contributed by atoms with Crippen molar-refractivity contribution in [2.75, 3.05) is 0 Å². The van der Waals surface area contributed by atoms with Gasteiger partial charge < -0.3 is 4.90 Å². The molecule has 0 N–H and O–H groups in total. The summed E-state index contributed by atoms with van der Waals surface area (Å²) in [5.41, 5.74) is 1.78. The molecule has 0 spiro atoms. The van der Waals surface area contributed by atoms with E-state index in [-0.39, 0.29) is 12.6 Å². The fourth-order valence-corrected chi connectivity index (χ4v) is 1.98. The zero-order chi connectivity index (χ0) is 13.3. The Morgan fingerprint density at radius 1 is 1.28 bits per heavy atom. The predicted octanol–water partition coefficient (Wildman–Crippen LogP) is 3.30. The maximum atomic E-state index is 11.9. The van der Waals surface area contributed by atoms with E-state index in [1.54, 1.807) is 18.2 Å². The van der Waals surface area contributed by atoms with Gasteiger partial charge in [0.05, 0.1) is 0 Å². The van der Waals surface area contributed by atoms with Gasteiger partial charge in [0.25, 0.3) is 0 Å². The first-order valence-corrected chi connectivity index (χ1v) is 5.55. The second kappa shape index (κ2) is 4.65. The summed E-state index contributed by atoms with van der Waals surface area (Å²) in [7, 11) is 0. The van der Waals surface area contributed by atoms with E-state index in [4.69, 9.17) is 11.6 Å². The third-order valence-corrected chi connectivity index (χ3v) is 2.85. The zero-order valence-corrected chi connectivity index (χ0v) is 9.92. The summed E-state index contributed by atoms with van der Waals surface area (Å²) in [6, 6.07) is 5.19. The molecule has 0 aromatic heterocycles. The molecule has 0 fully saturated rings. The molecule has 0 unspecified atom stereocenters. The van der Waals surface area contributed by atoms with Crippen molar-refractivity contribution < 1.29 is 18.0 Å². The molecule has 6 heteroatoms. The van der Waals surface area contributed by atoms with Crippen molar-refractivity contribution in [3.05, 3.63) is 46.5 Å². The molecule has 1 aliphatic rings. The van der Waals surface area contributed by atoms with E-state index in [0.717, 1.165) is 11.1 Å². The highest BCUT2D eigenvalue weighted by Gasteiger charge is 2.25. The number of alkyl halides is 3. The van der Waals surface area contributed by atoms with Gasteiger partial charge in [-0.3, -0.25) is 4.79 Å². The molecule has 0 radical (unpaired) electrons. The number of nitrogens with zero attached hydrogens (tertiary/aromatic N) is 1. The average molecular weight is 276 g/mol. The number of hydrogen-bond acceptors (Lipinski definition) is 1. The standard InChI is InChI=1S/C12H9ClF3NO/c13-10-2-1-8-6-17(7-9(8)5-10)11(18)3-4-12(14,15)16/h1-5H,6-7H2/b4-3+. The highest BCUT2D eigenvalue weighted by Crippen LogP contribution is 2.26. The smallest absolute Gasteiger partial charge is 0.330 e. The number of rotatable bonds is 1. The van der Waals surface area contributed by atoms with Gasteiger partial charge >= 0.3 is 6.18 Å². The Hall–Kier alpha value is -1.49. The van der Waals surface area contributed by atoms with Crippen LogP contribution in [0.15, 0.2) is 30.4 Å². The van der Waals surface area contributed by atoms with Crippen LogP contribution in [0.5, 0.6) is 0 Å². The molecule has 96 valence electrons. The minimum atomic E-state index is -4.47. The largest absolute Gasteiger partial charge is 0.409 e. The number of halogens is 4. The van der Waals surface area contributed by atoms with E-state index < -0.39 is 12.1 Å². The molecule has 0 bridgehead atoms. The second-order valence-electron chi connectivity index (χ2n) is 3.98. The maximum absolute atomic E-state index is 11.9. The van der Waals surface area contributed by atoms with Crippen LogP contribution in [-0.4, -0.2) is 17.0 Å². The van der Waals surface area contributed by atoms with Crippen LogP contribution in [0.1, 0.15) is 11.1 Å². The Bertz CT molecular complexity index is 511. The van der Waals surface area contributed by atoms with E-state index in [1.165, 1.54) is 4.90 Å². The average Bonchev–Trinajstić information content (AvgIpc) is 2.67. The molecule has 18 heavy (non-hydrogen) atoms. The minimum absolute atomic E-state index is 0.0503. The fraction of sp³-hybridized carbons (Fsp3) is 0.250. The van der Waals surface area contributed by atoms with E-state index in [1.807, 2.05) is 0 Å². The van der Waals surface area contributed by atoms with Crippen LogP contribution in [0.3, 0.4) is 0 Å².